The Balaban J connectivity index is 1.59. The average molecular weight is 550 g/mol. The molecule has 3 atom stereocenters. The first kappa shape index (κ1) is 28.8. The van der Waals surface area contributed by atoms with Gasteiger partial charge in [-0.15, -0.1) is 0 Å². The number of aliphatic hydroxyl groups excluding tert-OH is 1. The molecule has 3 rings (SSSR count). The van der Waals surface area contributed by atoms with Crippen LogP contribution in [0.25, 0.3) is 0 Å². The van der Waals surface area contributed by atoms with Gasteiger partial charge >= 0.3 is 143 Å². The van der Waals surface area contributed by atoms with Gasteiger partial charge in [0.2, 0.25) is 6.23 Å². The number of anilines is 1. The Labute approximate surface area is 209 Å². The zero-order chi connectivity index (χ0) is 27.2. The number of aliphatic hydroxyl groups is 1. The van der Waals surface area contributed by atoms with Crippen LogP contribution in [-0.2, 0) is 9.26 Å². The molecule has 0 spiro atoms. The average Bonchev–Trinajstić information content (AvgIpc) is 3.28. The van der Waals surface area contributed by atoms with E-state index >= 15 is 0 Å². The Bertz CT molecular complexity index is 1180. The minimum Gasteiger partial charge on any atom is -0.492 e. The molecule has 1 saturated heterocycles. The molecule has 1 aliphatic heterocycles. The van der Waals surface area contributed by atoms with Crippen molar-refractivity contribution in [3.8, 4) is 17.6 Å². The van der Waals surface area contributed by atoms with E-state index in [0.29, 0.717) is 24.2 Å². The van der Waals surface area contributed by atoms with Gasteiger partial charge in [-0.25, -0.2) is 0 Å². The Morgan fingerprint density at radius 1 is 1.24 bits per heavy atom. The van der Waals surface area contributed by atoms with Gasteiger partial charge in [-0.1, -0.05) is 0 Å². The molecule has 0 amide bonds. The Morgan fingerprint density at radius 3 is 2.59 bits per heavy atom. The zero-order valence-electron chi connectivity index (χ0n) is 19.2. The number of nitrogens with two attached hydrogens (primary N) is 1. The normalized spacial score (nSPS) is 19.2. The molecular formula is C21H26F3N4O8P. The number of alkyl halides is 3. The molecule has 1 aromatic heterocycles. The third-order valence-corrected chi connectivity index (χ3v) is 5.61. The van der Waals surface area contributed by atoms with Gasteiger partial charge in [0.15, 0.2) is 0 Å². The van der Waals surface area contributed by atoms with E-state index in [2.05, 4.69) is 21.3 Å². The molecule has 0 bridgehead atoms. The molecule has 0 aliphatic carbocycles. The molecule has 0 saturated carbocycles. The molecule has 3 unspecified atom stereocenters. The van der Waals surface area contributed by atoms with E-state index < -0.39 is 38.6 Å². The molecule has 2 heterocycles. The van der Waals surface area contributed by atoms with Crippen molar-refractivity contribution in [3.63, 3.8) is 0 Å². The van der Waals surface area contributed by atoms with Crippen LogP contribution in [0.4, 0.5) is 19.0 Å². The van der Waals surface area contributed by atoms with Crippen molar-refractivity contribution in [1.82, 2.24) is 14.9 Å². The molecule has 16 heteroatoms. The first-order valence-corrected chi connectivity index (χ1v) is 12.6. The number of ether oxygens (including phenoxy) is 2. The number of hydrogen-bond acceptors (Lipinski definition) is 11. The van der Waals surface area contributed by atoms with Crippen molar-refractivity contribution < 1.29 is 47.0 Å². The van der Waals surface area contributed by atoms with Crippen LogP contribution < -0.4 is 21.5 Å². The standard InChI is InChI=1S/C21H26F3N4O8P/c22-21(23,24)19(29)26-9-10-34-15-5-2-13(3-6-15)1-4-14-11-28(20(30)27-18(14)25)17-8-7-16(36-17)12-35-37(31,32)33/h2-3,5-6,11,16-17,19,26,29,31-33,37H,7-10,12H2,(H2,25,27,30). The van der Waals surface area contributed by atoms with Crippen LogP contribution in [0.15, 0.2) is 35.3 Å². The number of benzene rings is 1. The minimum atomic E-state index is -4.76. The second kappa shape index (κ2) is 12.2. The van der Waals surface area contributed by atoms with Crippen molar-refractivity contribution >= 4 is 14.0 Å². The van der Waals surface area contributed by atoms with E-state index in [-0.39, 0.29) is 31.1 Å². The number of nitrogens with one attached hydrogen (secondary N) is 1. The molecule has 0 radical (unpaired) electrons. The topological polar surface area (TPSA) is 182 Å². The van der Waals surface area contributed by atoms with Gasteiger partial charge in [0, 0.05) is 6.54 Å². The second-order valence-corrected chi connectivity index (χ2v) is 9.36. The summed E-state index contributed by atoms with van der Waals surface area (Å²) in [5, 5.41) is 10.8. The van der Waals surface area contributed by atoms with Crippen LogP contribution in [0, 0.1) is 11.8 Å². The molecule has 1 fully saturated rings. The summed E-state index contributed by atoms with van der Waals surface area (Å²) in [7, 11) is -4.67. The fourth-order valence-electron chi connectivity index (χ4n) is 3.26. The van der Waals surface area contributed by atoms with E-state index in [0.717, 1.165) is 0 Å². The Kier molecular flexibility index (Phi) is 9.46. The number of nitrogens with zero attached hydrogens (tertiary/aromatic N) is 2. The van der Waals surface area contributed by atoms with Crippen molar-refractivity contribution in [2.75, 3.05) is 25.5 Å². The number of aromatic nitrogens is 2. The van der Waals surface area contributed by atoms with E-state index in [1.807, 2.05) is 5.32 Å². The molecule has 12 nitrogen and oxygen atoms in total. The Hall–Kier alpha value is -2.80. The maximum absolute atomic E-state index is 12.3. The smallest absolute Gasteiger partial charge is 0.492 e. The van der Waals surface area contributed by atoms with E-state index in [9.17, 15) is 18.0 Å². The summed E-state index contributed by atoms with van der Waals surface area (Å²) in [5.74, 6) is 5.97. The van der Waals surface area contributed by atoms with Crippen molar-refractivity contribution in [1.29, 1.82) is 0 Å². The number of hydrogen-bond donors (Lipinski definition) is 6. The van der Waals surface area contributed by atoms with Crippen LogP contribution in [0.3, 0.4) is 0 Å². The van der Waals surface area contributed by atoms with Gasteiger partial charge in [0.1, 0.15) is 12.4 Å². The fraction of sp³-hybridized carbons (Fsp3) is 0.429. The molecule has 37 heavy (non-hydrogen) atoms. The number of nitrogen functional groups attached to an aromatic ring is 1. The van der Waals surface area contributed by atoms with Gasteiger partial charge in [-0.3, -0.25) is 5.32 Å². The monoisotopic (exact) mass is 550 g/mol. The first-order valence-electron chi connectivity index (χ1n) is 10.9. The molecule has 7 N–H and O–H groups in total. The number of rotatable bonds is 9. The van der Waals surface area contributed by atoms with Crippen LogP contribution >= 0.6 is 8.17 Å². The van der Waals surface area contributed by atoms with Gasteiger partial charge in [-0.05, 0) is 12.1 Å². The first-order chi connectivity index (χ1) is 17.3. The summed E-state index contributed by atoms with van der Waals surface area (Å²) in [5.41, 5.74) is 5.98. The van der Waals surface area contributed by atoms with Gasteiger partial charge < -0.3 is 9.84 Å². The van der Waals surface area contributed by atoms with E-state index in [1.54, 1.807) is 24.3 Å². The van der Waals surface area contributed by atoms with Crippen LogP contribution in [-0.4, -0.2) is 67.6 Å². The summed E-state index contributed by atoms with van der Waals surface area (Å²) in [6.45, 7) is -0.599. The third kappa shape index (κ3) is 8.92. The van der Waals surface area contributed by atoms with Gasteiger partial charge in [0.05, 0.1) is 0 Å². The molecular weight excluding hydrogens is 524 g/mol. The summed E-state index contributed by atoms with van der Waals surface area (Å²) in [6.07, 6.45) is -6.45. The maximum atomic E-state index is 12.3. The summed E-state index contributed by atoms with van der Waals surface area (Å²) in [6, 6.07) is 6.34. The van der Waals surface area contributed by atoms with E-state index in [1.165, 1.54) is 10.8 Å². The summed E-state index contributed by atoms with van der Waals surface area (Å²) < 4.78 is 53.5. The van der Waals surface area contributed by atoms with Crippen molar-refractivity contribution in [3.05, 3.63) is 52.1 Å². The SMILES string of the molecule is Nc1nc(=O)n(C2CCC(CO[PH](O)(O)O)O2)cc1C#Cc1ccc(OCCNC(O)C(F)(F)F)cc1. The van der Waals surface area contributed by atoms with Crippen LogP contribution in [0.2, 0.25) is 0 Å². The fourth-order valence-corrected chi connectivity index (χ4v) is 3.67. The Morgan fingerprint density at radius 2 is 1.95 bits per heavy atom. The van der Waals surface area contributed by atoms with Crippen LogP contribution in [0.1, 0.15) is 30.2 Å². The molecule has 1 aromatic carbocycles. The summed E-state index contributed by atoms with van der Waals surface area (Å²) in [4.78, 5) is 43.0. The molecule has 1 aliphatic rings. The third-order valence-electron chi connectivity index (χ3n) is 5.05. The zero-order valence-corrected chi connectivity index (χ0v) is 20.2. The van der Waals surface area contributed by atoms with Crippen LogP contribution in [0.5, 0.6) is 5.75 Å². The number of halogens is 3. The minimum absolute atomic E-state index is 0.0863. The van der Waals surface area contributed by atoms with Gasteiger partial charge in [0.25, 0.3) is 0 Å². The molecule has 204 valence electrons. The predicted molar refractivity (Wildman–Crippen MR) is 125 cm³/mol. The van der Waals surface area contributed by atoms with Gasteiger partial charge in [-0.2, -0.15) is 13.2 Å². The van der Waals surface area contributed by atoms with E-state index in [4.69, 9.17) is 35.0 Å². The van der Waals surface area contributed by atoms with Crippen molar-refractivity contribution in [2.24, 2.45) is 0 Å². The van der Waals surface area contributed by atoms with Crippen molar-refractivity contribution in [2.45, 2.75) is 37.6 Å². The second-order valence-electron chi connectivity index (χ2n) is 7.93. The summed E-state index contributed by atoms with van der Waals surface area (Å²) >= 11 is 0. The predicted octanol–water partition coefficient (Wildman–Crippen LogP) is 0.155. The quantitative estimate of drug-likeness (QED) is 0.108. The molecule has 2 aromatic rings.